The van der Waals surface area contributed by atoms with Gasteiger partial charge in [0, 0.05) is 13.2 Å². The lowest BCUT2D eigenvalue weighted by Crippen LogP contribution is -2.60. The van der Waals surface area contributed by atoms with Gasteiger partial charge in [-0.1, -0.05) is 30.3 Å². The number of ether oxygens (including phenoxy) is 2. The van der Waals surface area contributed by atoms with Crippen molar-refractivity contribution in [1.82, 2.24) is 4.90 Å². The highest BCUT2D eigenvalue weighted by atomic mass is 16.5. The first-order valence-electron chi connectivity index (χ1n) is 7.28. The molecular formula is C16H23NO2. The van der Waals surface area contributed by atoms with Gasteiger partial charge < -0.3 is 9.47 Å². The van der Waals surface area contributed by atoms with E-state index in [2.05, 4.69) is 35.2 Å². The molecule has 0 radical (unpaired) electrons. The molecule has 0 saturated carbocycles. The lowest BCUT2D eigenvalue weighted by Gasteiger charge is -2.47. The van der Waals surface area contributed by atoms with E-state index in [4.69, 9.17) is 9.47 Å². The third-order valence-electron chi connectivity index (χ3n) is 4.44. The van der Waals surface area contributed by atoms with Crippen LogP contribution in [0.15, 0.2) is 30.3 Å². The molecule has 0 unspecified atom stereocenters. The van der Waals surface area contributed by atoms with Crippen molar-refractivity contribution in [2.75, 3.05) is 26.9 Å². The molecule has 19 heavy (non-hydrogen) atoms. The van der Waals surface area contributed by atoms with Crippen molar-refractivity contribution >= 4 is 0 Å². The van der Waals surface area contributed by atoms with Crippen LogP contribution in [0.4, 0.5) is 0 Å². The van der Waals surface area contributed by atoms with Crippen LogP contribution < -0.4 is 0 Å². The maximum Gasteiger partial charge on any atom is 0.0730 e. The van der Waals surface area contributed by atoms with Crippen LogP contribution in [0.25, 0.3) is 0 Å². The molecule has 1 aromatic carbocycles. The van der Waals surface area contributed by atoms with Crippen LogP contribution in [0.3, 0.4) is 0 Å². The summed E-state index contributed by atoms with van der Waals surface area (Å²) < 4.78 is 11.1. The molecule has 0 bridgehead atoms. The van der Waals surface area contributed by atoms with Gasteiger partial charge in [0.1, 0.15) is 0 Å². The Hall–Kier alpha value is -0.900. The summed E-state index contributed by atoms with van der Waals surface area (Å²) in [6.07, 6.45) is 3.85. The highest BCUT2D eigenvalue weighted by Crippen LogP contribution is 2.27. The first-order chi connectivity index (χ1) is 9.38. The second-order valence-electron chi connectivity index (χ2n) is 5.60. The number of hydrogen-bond donors (Lipinski definition) is 0. The average molecular weight is 261 g/mol. The maximum atomic E-state index is 5.74. The van der Waals surface area contributed by atoms with Crippen LogP contribution in [0, 0.1) is 0 Å². The molecule has 2 aliphatic heterocycles. The molecule has 2 saturated heterocycles. The third kappa shape index (κ3) is 2.83. The van der Waals surface area contributed by atoms with E-state index < -0.39 is 0 Å². The van der Waals surface area contributed by atoms with Crippen LogP contribution in [0.2, 0.25) is 0 Å². The van der Waals surface area contributed by atoms with Crippen molar-refractivity contribution in [1.29, 1.82) is 0 Å². The second kappa shape index (κ2) is 6.04. The summed E-state index contributed by atoms with van der Waals surface area (Å²) in [5.74, 6) is 0. The van der Waals surface area contributed by atoms with Crippen LogP contribution in [0.5, 0.6) is 0 Å². The number of nitrogens with zero attached hydrogens (tertiary/aromatic N) is 1. The molecule has 0 aromatic heterocycles. The van der Waals surface area contributed by atoms with Crippen LogP contribution in [0.1, 0.15) is 18.4 Å². The summed E-state index contributed by atoms with van der Waals surface area (Å²) in [7, 11) is 1.85. The van der Waals surface area contributed by atoms with E-state index in [0.717, 1.165) is 19.6 Å². The van der Waals surface area contributed by atoms with Crippen molar-refractivity contribution in [3.63, 3.8) is 0 Å². The van der Waals surface area contributed by atoms with Gasteiger partial charge in [-0.3, -0.25) is 4.90 Å². The van der Waals surface area contributed by atoms with Gasteiger partial charge in [-0.2, -0.15) is 0 Å². The van der Waals surface area contributed by atoms with E-state index in [9.17, 15) is 0 Å². The molecule has 2 heterocycles. The average Bonchev–Trinajstić information content (AvgIpc) is 2.40. The van der Waals surface area contributed by atoms with E-state index in [-0.39, 0.29) is 0 Å². The molecule has 2 aliphatic rings. The standard InChI is InChI=1S/C16H23NO2/c1-18-16-8-5-9-17(14-11-19-12-14)15(16)10-13-6-3-2-4-7-13/h2-4,6-7,14-16H,5,8-12H2,1H3/t15-,16-/m0/s1. The third-order valence-corrected chi connectivity index (χ3v) is 4.44. The summed E-state index contributed by atoms with van der Waals surface area (Å²) in [6, 6.07) is 11.9. The molecule has 0 amide bonds. The molecule has 1 aromatic rings. The lowest BCUT2D eigenvalue weighted by atomic mass is 9.91. The Kier molecular flexibility index (Phi) is 4.16. The van der Waals surface area contributed by atoms with E-state index in [1.807, 2.05) is 7.11 Å². The van der Waals surface area contributed by atoms with Crippen molar-refractivity contribution in [2.45, 2.75) is 37.5 Å². The van der Waals surface area contributed by atoms with Gasteiger partial charge in [0.15, 0.2) is 0 Å². The van der Waals surface area contributed by atoms with Crippen molar-refractivity contribution in [3.05, 3.63) is 35.9 Å². The number of methoxy groups -OCH3 is 1. The Balaban J connectivity index is 1.75. The zero-order valence-electron chi connectivity index (χ0n) is 11.6. The van der Waals surface area contributed by atoms with Gasteiger partial charge in [-0.15, -0.1) is 0 Å². The fourth-order valence-corrected chi connectivity index (χ4v) is 3.29. The summed E-state index contributed by atoms with van der Waals surface area (Å²) in [5.41, 5.74) is 1.40. The molecular weight excluding hydrogens is 238 g/mol. The van der Waals surface area contributed by atoms with Gasteiger partial charge in [0.05, 0.1) is 25.4 Å². The largest absolute Gasteiger partial charge is 0.380 e. The Morgan fingerprint density at radius 3 is 2.68 bits per heavy atom. The lowest BCUT2D eigenvalue weighted by molar-refractivity contribution is -0.117. The normalized spacial score (nSPS) is 29.1. The minimum absolute atomic E-state index is 0.356. The van der Waals surface area contributed by atoms with E-state index in [1.165, 1.54) is 24.9 Å². The first kappa shape index (κ1) is 13.1. The van der Waals surface area contributed by atoms with Gasteiger partial charge in [0.25, 0.3) is 0 Å². The molecule has 0 aliphatic carbocycles. The second-order valence-corrected chi connectivity index (χ2v) is 5.60. The van der Waals surface area contributed by atoms with E-state index in [1.54, 1.807) is 0 Å². The number of likely N-dealkylation sites (tertiary alicyclic amines) is 1. The minimum atomic E-state index is 0.356. The number of hydrogen-bond acceptors (Lipinski definition) is 3. The molecule has 2 fully saturated rings. The Labute approximate surface area is 115 Å². The molecule has 0 spiro atoms. The monoisotopic (exact) mass is 261 g/mol. The molecule has 3 heteroatoms. The zero-order chi connectivity index (χ0) is 13.1. The van der Waals surface area contributed by atoms with E-state index in [0.29, 0.717) is 18.2 Å². The molecule has 104 valence electrons. The number of piperidine rings is 1. The number of benzene rings is 1. The predicted octanol–water partition coefficient (Wildman–Crippen LogP) is 2.11. The van der Waals surface area contributed by atoms with Crippen LogP contribution >= 0.6 is 0 Å². The highest BCUT2D eigenvalue weighted by Gasteiger charge is 2.38. The van der Waals surface area contributed by atoms with Crippen molar-refractivity contribution in [3.8, 4) is 0 Å². The smallest absolute Gasteiger partial charge is 0.0730 e. The van der Waals surface area contributed by atoms with Crippen LogP contribution in [-0.2, 0) is 15.9 Å². The summed E-state index contributed by atoms with van der Waals surface area (Å²) in [5, 5.41) is 0. The van der Waals surface area contributed by atoms with E-state index >= 15 is 0 Å². The van der Waals surface area contributed by atoms with Crippen molar-refractivity contribution < 1.29 is 9.47 Å². The van der Waals surface area contributed by atoms with Gasteiger partial charge in [-0.25, -0.2) is 0 Å². The maximum absolute atomic E-state index is 5.74. The minimum Gasteiger partial charge on any atom is -0.380 e. The summed E-state index contributed by atoms with van der Waals surface area (Å²) in [4.78, 5) is 2.62. The first-order valence-corrected chi connectivity index (χ1v) is 7.28. The Morgan fingerprint density at radius 1 is 1.26 bits per heavy atom. The van der Waals surface area contributed by atoms with Gasteiger partial charge in [-0.05, 0) is 31.4 Å². The van der Waals surface area contributed by atoms with Crippen LogP contribution in [-0.4, -0.2) is 50.0 Å². The molecule has 3 rings (SSSR count). The van der Waals surface area contributed by atoms with Gasteiger partial charge >= 0.3 is 0 Å². The van der Waals surface area contributed by atoms with Crippen molar-refractivity contribution in [2.24, 2.45) is 0 Å². The fraction of sp³-hybridized carbons (Fsp3) is 0.625. The summed E-state index contributed by atoms with van der Waals surface area (Å²) in [6.45, 7) is 2.97. The fourth-order valence-electron chi connectivity index (χ4n) is 3.29. The highest BCUT2D eigenvalue weighted by molar-refractivity contribution is 5.17. The molecule has 0 N–H and O–H groups in total. The van der Waals surface area contributed by atoms with Gasteiger partial charge in [0.2, 0.25) is 0 Å². The Bertz CT molecular complexity index is 391. The predicted molar refractivity (Wildman–Crippen MR) is 75.3 cm³/mol. The number of rotatable bonds is 4. The SMILES string of the molecule is CO[C@H]1CCCN(C2COC2)[C@H]1Cc1ccccc1. The Morgan fingerprint density at radius 2 is 2.05 bits per heavy atom. The summed E-state index contributed by atoms with van der Waals surface area (Å²) >= 11 is 0. The zero-order valence-corrected chi connectivity index (χ0v) is 11.6. The molecule has 2 atom stereocenters. The topological polar surface area (TPSA) is 21.7 Å². The quantitative estimate of drug-likeness (QED) is 0.828. The molecule has 3 nitrogen and oxygen atoms in total.